The Labute approximate surface area is 147 Å². The number of carbonyl (C=O) groups is 3. The van der Waals surface area contributed by atoms with Crippen LogP contribution >= 0.6 is 0 Å². The number of hydrogen-bond donors (Lipinski definition) is 2. The van der Waals surface area contributed by atoms with Gasteiger partial charge in [-0.2, -0.15) is 0 Å². The van der Waals surface area contributed by atoms with Gasteiger partial charge in [-0.3, -0.25) is 10.1 Å². The third kappa shape index (κ3) is 7.52. The van der Waals surface area contributed by atoms with Crippen LogP contribution in [0.1, 0.15) is 38.1 Å². The molecule has 0 aliphatic heterocycles. The first-order chi connectivity index (χ1) is 11.6. The monoisotopic (exact) mass is 348 g/mol. The average molecular weight is 348 g/mol. The molecule has 0 aliphatic rings. The Balaban J connectivity index is 2.70. The van der Waals surface area contributed by atoms with E-state index in [2.05, 4.69) is 17.2 Å². The molecule has 25 heavy (non-hydrogen) atoms. The molecule has 0 aliphatic carbocycles. The molecule has 136 valence electrons. The van der Waals surface area contributed by atoms with Gasteiger partial charge in [-0.05, 0) is 45.9 Å². The Hall–Kier alpha value is -2.83. The van der Waals surface area contributed by atoms with Crippen LogP contribution in [0.5, 0.6) is 0 Å². The van der Waals surface area contributed by atoms with Crippen LogP contribution in [-0.2, 0) is 14.3 Å². The molecule has 1 aromatic rings. The van der Waals surface area contributed by atoms with Crippen LogP contribution in [0.2, 0.25) is 0 Å². The van der Waals surface area contributed by atoms with Crippen molar-refractivity contribution in [1.82, 2.24) is 5.32 Å². The summed E-state index contributed by atoms with van der Waals surface area (Å²) in [5, 5.41) is 5.08. The maximum atomic E-state index is 12.1. The van der Waals surface area contributed by atoms with Crippen molar-refractivity contribution in [3.05, 3.63) is 42.5 Å². The zero-order valence-corrected chi connectivity index (χ0v) is 14.9. The average Bonchev–Trinajstić information content (AvgIpc) is 2.50. The van der Waals surface area contributed by atoms with Crippen LogP contribution < -0.4 is 10.6 Å². The smallest absolute Gasteiger partial charge is 0.412 e. The van der Waals surface area contributed by atoms with Crippen LogP contribution in [0.15, 0.2) is 36.9 Å². The molecule has 1 unspecified atom stereocenters. The number of rotatable bonds is 6. The zero-order chi connectivity index (χ0) is 19.0. The lowest BCUT2D eigenvalue weighted by Crippen LogP contribution is -2.35. The second-order valence-electron chi connectivity index (χ2n) is 6.29. The first-order valence-corrected chi connectivity index (χ1v) is 7.82. The minimum absolute atomic E-state index is 0.205. The molecule has 0 bridgehead atoms. The lowest BCUT2D eigenvalue weighted by atomic mass is 10.2. The van der Waals surface area contributed by atoms with E-state index in [1.807, 2.05) is 0 Å². The predicted molar refractivity (Wildman–Crippen MR) is 94.4 cm³/mol. The topological polar surface area (TPSA) is 93.7 Å². The molecule has 1 aromatic carbocycles. The van der Waals surface area contributed by atoms with E-state index >= 15 is 0 Å². The number of benzene rings is 1. The highest BCUT2D eigenvalue weighted by atomic mass is 16.6. The molecule has 0 fully saturated rings. The maximum Gasteiger partial charge on any atom is 0.412 e. The largest absolute Gasteiger partial charge is 0.449 e. The Morgan fingerprint density at radius 2 is 1.96 bits per heavy atom. The molecule has 2 amide bonds. The maximum absolute atomic E-state index is 12.1. The molecule has 0 radical (unpaired) electrons. The molecule has 2 N–H and O–H groups in total. The van der Waals surface area contributed by atoms with Gasteiger partial charge < -0.3 is 14.8 Å². The van der Waals surface area contributed by atoms with Crippen LogP contribution in [0.3, 0.4) is 0 Å². The first-order valence-electron chi connectivity index (χ1n) is 7.82. The van der Waals surface area contributed by atoms with Crippen LogP contribution in [0.4, 0.5) is 10.5 Å². The zero-order valence-electron chi connectivity index (χ0n) is 14.9. The van der Waals surface area contributed by atoms with Crippen molar-refractivity contribution < 1.29 is 23.9 Å². The molecule has 0 spiro atoms. The minimum Gasteiger partial charge on any atom is -0.449 e. The van der Waals surface area contributed by atoms with Crippen molar-refractivity contribution >= 4 is 23.7 Å². The number of anilines is 1. The van der Waals surface area contributed by atoms with E-state index in [0.717, 1.165) is 0 Å². The fourth-order valence-electron chi connectivity index (χ4n) is 1.74. The quantitative estimate of drug-likeness (QED) is 0.609. The number of esters is 1. The molecule has 0 aromatic heterocycles. The molecule has 1 rings (SSSR count). The van der Waals surface area contributed by atoms with Gasteiger partial charge >= 0.3 is 12.1 Å². The van der Waals surface area contributed by atoms with E-state index in [1.54, 1.807) is 32.9 Å². The second kappa shape index (κ2) is 8.86. The van der Waals surface area contributed by atoms with Crippen molar-refractivity contribution in [3.63, 3.8) is 0 Å². The summed E-state index contributed by atoms with van der Waals surface area (Å²) in [7, 11) is 0. The molecule has 7 heteroatoms. The summed E-state index contributed by atoms with van der Waals surface area (Å²) < 4.78 is 10.3. The van der Waals surface area contributed by atoms with Gasteiger partial charge in [-0.1, -0.05) is 12.1 Å². The van der Waals surface area contributed by atoms with Gasteiger partial charge in [-0.15, -0.1) is 6.58 Å². The molecule has 1 atom stereocenters. The van der Waals surface area contributed by atoms with Gasteiger partial charge in [0.25, 0.3) is 5.91 Å². The summed E-state index contributed by atoms with van der Waals surface area (Å²) >= 11 is 0. The fraction of sp³-hybridized carbons (Fsp3) is 0.389. The van der Waals surface area contributed by atoms with Crippen LogP contribution in [0, 0.1) is 0 Å². The Morgan fingerprint density at radius 3 is 2.56 bits per heavy atom. The minimum atomic E-state index is -0.949. The summed E-state index contributed by atoms with van der Waals surface area (Å²) in [6.45, 7) is 10.5. The summed E-state index contributed by atoms with van der Waals surface area (Å²) in [6, 6.07) is 6.17. The number of carbonyl (C=O) groups excluding carboxylic acids is 3. The second-order valence-corrected chi connectivity index (χ2v) is 6.29. The van der Waals surface area contributed by atoms with E-state index in [9.17, 15) is 14.4 Å². The van der Waals surface area contributed by atoms with Gasteiger partial charge in [0.15, 0.2) is 6.10 Å². The lowest BCUT2D eigenvalue weighted by Gasteiger charge is -2.19. The van der Waals surface area contributed by atoms with E-state index in [0.29, 0.717) is 5.69 Å². The lowest BCUT2D eigenvalue weighted by molar-refractivity contribution is -0.128. The predicted octanol–water partition coefficient (Wildman–Crippen LogP) is 2.88. The first kappa shape index (κ1) is 20.2. The third-order valence-electron chi connectivity index (χ3n) is 2.82. The van der Waals surface area contributed by atoms with Crippen LogP contribution in [-0.4, -0.2) is 36.2 Å². The molecular formula is C18H24N2O5. The van der Waals surface area contributed by atoms with Crippen molar-refractivity contribution in [3.8, 4) is 0 Å². The van der Waals surface area contributed by atoms with Crippen molar-refractivity contribution in [1.29, 1.82) is 0 Å². The molecular weight excluding hydrogens is 324 g/mol. The molecule has 0 heterocycles. The fourth-order valence-corrected chi connectivity index (χ4v) is 1.74. The van der Waals surface area contributed by atoms with Crippen molar-refractivity contribution in [2.75, 3.05) is 11.9 Å². The van der Waals surface area contributed by atoms with E-state index in [-0.39, 0.29) is 12.1 Å². The standard InChI is InChI=1S/C18H24N2O5/c1-6-10-19-15(21)12(2)24-16(22)13-8-7-9-14(11-13)20-17(23)25-18(3,4)5/h6-9,11-12H,1,10H2,2-5H3,(H,19,21)(H,20,23). The van der Waals surface area contributed by atoms with Gasteiger partial charge in [-0.25, -0.2) is 9.59 Å². The number of hydrogen-bond acceptors (Lipinski definition) is 5. The van der Waals surface area contributed by atoms with Crippen molar-refractivity contribution in [2.24, 2.45) is 0 Å². The van der Waals surface area contributed by atoms with Gasteiger partial charge in [0.2, 0.25) is 0 Å². The highest BCUT2D eigenvalue weighted by Crippen LogP contribution is 2.15. The van der Waals surface area contributed by atoms with E-state index in [4.69, 9.17) is 9.47 Å². The molecule has 0 saturated carbocycles. The van der Waals surface area contributed by atoms with Crippen molar-refractivity contribution in [2.45, 2.75) is 39.4 Å². The van der Waals surface area contributed by atoms with E-state index < -0.39 is 29.7 Å². The van der Waals surface area contributed by atoms with Gasteiger partial charge in [0.1, 0.15) is 5.60 Å². The van der Waals surface area contributed by atoms with Gasteiger partial charge in [0, 0.05) is 12.2 Å². The highest BCUT2D eigenvalue weighted by molar-refractivity contribution is 5.94. The number of nitrogens with one attached hydrogen (secondary N) is 2. The highest BCUT2D eigenvalue weighted by Gasteiger charge is 2.19. The Bertz CT molecular complexity index is 649. The summed E-state index contributed by atoms with van der Waals surface area (Å²) in [4.78, 5) is 35.6. The SMILES string of the molecule is C=CCNC(=O)C(C)OC(=O)c1cccc(NC(=O)OC(C)(C)C)c1. The summed E-state index contributed by atoms with van der Waals surface area (Å²) in [5.41, 5.74) is -0.0427. The normalized spacial score (nSPS) is 11.8. The number of amides is 2. The Kier molecular flexibility index (Phi) is 7.17. The molecule has 0 saturated heterocycles. The van der Waals surface area contributed by atoms with E-state index in [1.165, 1.54) is 25.1 Å². The Morgan fingerprint density at radius 1 is 1.28 bits per heavy atom. The number of ether oxygens (including phenoxy) is 2. The van der Waals surface area contributed by atoms with Gasteiger partial charge in [0.05, 0.1) is 5.56 Å². The molecule has 7 nitrogen and oxygen atoms in total. The summed E-state index contributed by atoms with van der Waals surface area (Å²) in [6.07, 6.45) is -0.0526. The summed E-state index contributed by atoms with van der Waals surface area (Å²) in [5.74, 6) is -1.09. The third-order valence-corrected chi connectivity index (χ3v) is 2.82. The van der Waals surface area contributed by atoms with Crippen LogP contribution in [0.25, 0.3) is 0 Å².